The summed E-state index contributed by atoms with van der Waals surface area (Å²) in [5, 5.41) is 6.00. The van der Waals surface area contributed by atoms with Gasteiger partial charge in [0.25, 0.3) is 0 Å². The number of amides is 2. The quantitative estimate of drug-likeness (QED) is 0.873. The number of urea groups is 1. The van der Waals surface area contributed by atoms with Gasteiger partial charge in [-0.05, 0) is 24.5 Å². The van der Waals surface area contributed by atoms with Gasteiger partial charge in [-0.3, -0.25) is 4.90 Å². The lowest BCUT2D eigenvalue weighted by atomic mass is 10.1. The minimum atomic E-state index is -0.122. The van der Waals surface area contributed by atoms with Crippen LogP contribution in [0.2, 0.25) is 0 Å². The molecule has 0 spiro atoms. The van der Waals surface area contributed by atoms with E-state index in [9.17, 15) is 4.79 Å². The molecular formula is C17H27N3OS. The van der Waals surface area contributed by atoms with Gasteiger partial charge in [0, 0.05) is 42.9 Å². The molecule has 1 aliphatic heterocycles. The van der Waals surface area contributed by atoms with E-state index in [1.165, 1.54) is 17.1 Å². The van der Waals surface area contributed by atoms with Crippen LogP contribution in [0.15, 0.2) is 24.3 Å². The third-order valence-electron chi connectivity index (χ3n) is 4.12. The Balaban J connectivity index is 1.96. The van der Waals surface area contributed by atoms with Gasteiger partial charge in [0.2, 0.25) is 0 Å². The Morgan fingerprint density at radius 2 is 1.91 bits per heavy atom. The average molecular weight is 321 g/mol. The van der Waals surface area contributed by atoms with E-state index in [0.717, 1.165) is 25.3 Å². The monoisotopic (exact) mass is 321 g/mol. The second-order valence-electron chi connectivity index (χ2n) is 6.18. The fraction of sp³-hybridized carbons (Fsp3) is 0.588. The Morgan fingerprint density at radius 3 is 2.59 bits per heavy atom. The van der Waals surface area contributed by atoms with Crippen LogP contribution in [0.1, 0.15) is 26.3 Å². The highest BCUT2D eigenvalue weighted by molar-refractivity contribution is 7.99. The summed E-state index contributed by atoms with van der Waals surface area (Å²) >= 11 is 2.01. The maximum Gasteiger partial charge on any atom is 0.319 e. The largest absolute Gasteiger partial charge is 0.335 e. The smallest absolute Gasteiger partial charge is 0.319 e. The summed E-state index contributed by atoms with van der Waals surface area (Å²) in [6.07, 6.45) is 0. The van der Waals surface area contributed by atoms with Crippen LogP contribution < -0.4 is 10.6 Å². The minimum Gasteiger partial charge on any atom is -0.335 e. The number of carbonyl (C=O) groups is 1. The molecule has 2 amide bonds. The van der Waals surface area contributed by atoms with Crippen molar-refractivity contribution in [2.24, 2.45) is 5.92 Å². The molecule has 1 heterocycles. The predicted molar refractivity (Wildman–Crippen MR) is 95.5 cm³/mol. The van der Waals surface area contributed by atoms with E-state index >= 15 is 0 Å². The third-order valence-corrected chi connectivity index (χ3v) is 5.06. The molecule has 1 aromatic rings. The van der Waals surface area contributed by atoms with Crippen molar-refractivity contribution < 1.29 is 4.79 Å². The SMILES string of the molecule is CC(C)C(C)NC(=O)Nc1ccccc1CN1CCSCC1. The number of hydrogen-bond acceptors (Lipinski definition) is 3. The van der Waals surface area contributed by atoms with Gasteiger partial charge >= 0.3 is 6.03 Å². The van der Waals surface area contributed by atoms with Crippen LogP contribution in [0.4, 0.5) is 10.5 Å². The van der Waals surface area contributed by atoms with Gasteiger partial charge in [0.1, 0.15) is 0 Å². The summed E-state index contributed by atoms with van der Waals surface area (Å²) in [6, 6.07) is 8.12. The number of hydrogen-bond donors (Lipinski definition) is 2. The topological polar surface area (TPSA) is 44.4 Å². The molecular weight excluding hydrogens is 294 g/mol. The van der Waals surface area contributed by atoms with Crippen LogP contribution in [0.3, 0.4) is 0 Å². The summed E-state index contributed by atoms with van der Waals surface area (Å²) in [5.41, 5.74) is 2.09. The Bertz CT molecular complexity index is 487. The molecule has 0 aliphatic carbocycles. The second-order valence-corrected chi connectivity index (χ2v) is 7.40. The number of para-hydroxylation sites is 1. The Morgan fingerprint density at radius 1 is 1.23 bits per heavy atom. The van der Waals surface area contributed by atoms with Crippen molar-refractivity contribution in [3.05, 3.63) is 29.8 Å². The average Bonchev–Trinajstić information content (AvgIpc) is 2.50. The fourth-order valence-electron chi connectivity index (χ4n) is 2.31. The zero-order valence-corrected chi connectivity index (χ0v) is 14.6. The minimum absolute atomic E-state index is 0.122. The first kappa shape index (κ1) is 17.2. The summed E-state index contributed by atoms with van der Waals surface area (Å²) < 4.78 is 0. The summed E-state index contributed by atoms with van der Waals surface area (Å²) in [6.45, 7) is 9.38. The molecule has 1 unspecified atom stereocenters. The maximum absolute atomic E-state index is 12.1. The first-order valence-corrected chi connectivity index (χ1v) is 9.17. The molecule has 0 radical (unpaired) electrons. The van der Waals surface area contributed by atoms with Crippen molar-refractivity contribution >= 4 is 23.5 Å². The van der Waals surface area contributed by atoms with Gasteiger partial charge in [0.05, 0.1) is 0 Å². The highest BCUT2D eigenvalue weighted by atomic mass is 32.2. The van der Waals surface area contributed by atoms with Crippen molar-refractivity contribution in [3.63, 3.8) is 0 Å². The molecule has 2 rings (SSSR count). The summed E-state index contributed by atoms with van der Waals surface area (Å²) in [5.74, 6) is 2.82. The predicted octanol–water partition coefficient (Wildman–Crippen LogP) is 3.40. The lowest BCUT2D eigenvalue weighted by Crippen LogP contribution is -2.39. The standard InChI is InChI=1S/C17H27N3OS/c1-13(2)14(3)18-17(21)19-16-7-5-4-6-15(16)12-20-8-10-22-11-9-20/h4-7,13-14H,8-12H2,1-3H3,(H2,18,19,21). The van der Waals surface area contributed by atoms with E-state index in [2.05, 4.69) is 35.4 Å². The number of nitrogens with one attached hydrogen (secondary N) is 2. The molecule has 1 atom stereocenters. The van der Waals surface area contributed by atoms with E-state index in [1.54, 1.807) is 0 Å². The number of nitrogens with zero attached hydrogens (tertiary/aromatic N) is 1. The lowest BCUT2D eigenvalue weighted by Gasteiger charge is -2.27. The summed E-state index contributed by atoms with van der Waals surface area (Å²) in [7, 11) is 0. The Kier molecular flexibility index (Phi) is 6.58. The van der Waals surface area contributed by atoms with Gasteiger partial charge in [-0.2, -0.15) is 11.8 Å². The van der Waals surface area contributed by atoms with Crippen LogP contribution in [-0.2, 0) is 6.54 Å². The molecule has 5 heteroatoms. The molecule has 122 valence electrons. The Hall–Kier alpha value is -1.20. The van der Waals surface area contributed by atoms with Crippen molar-refractivity contribution in [1.29, 1.82) is 0 Å². The van der Waals surface area contributed by atoms with Crippen molar-refractivity contribution in [2.45, 2.75) is 33.4 Å². The van der Waals surface area contributed by atoms with Crippen LogP contribution in [0.25, 0.3) is 0 Å². The maximum atomic E-state index is 12.1. The zero-order chi connectivity index (χ0) is 15.9. The highest BCUT2D eigenvalue weighted by Gasteiger charge is 2.15. The third kappa shape index (κ3) is 5.21. The molecule has 4 nitrogen and oxygen atoms in total. The summed E-state index contributed by atoms with van der Waals surface area (Å²) in [4.78, 5) is 14.6. The fourth-order valence-corrected chi connectivity index (χ4v) is 3.29. The molecule has 0 aromatic heterocycles. The van der Waals surface area contributed by atoms with Gasteiger partial charge in [-0.1, -0.05) is 32.0 Å². The first-order chi connectivity index (χ1) is 10.6. The number of carbonyl (C=O) groups excluding carboxylic acids is 1. The van der Waals surface area contributed by atoms with Crippen molar-refractivity contribution in [3.8, 4) is 0 Å². The van der Waals surface area contributed by atoms with Gasteiger partial charge in [-0.15, -0.1) is 0 Å². The molecule has 2 N–H and O–H groups in total. The van der Waals surface area contributed by atoms with Gasteiger partial charge in [0.15, 0.2) is 0 Å². The van der Waals surface area contributed by atoms with E-state index in [4.69, 9.17) is 0 Å². The molecule has 22 heavy (non-hydrogen) atoms. The van der Waals surface area contributed by atoms with E-state index in [1.807, 2.05) is 36.9 Å². The molecule has 0 saturated carbocycles. The molecule has 1 fully saturated rings. The molecule has 0 bridgehead atoms. The van der Waals surface area contributed by atoms with Crippen molar-refractivity contribution in [1.82, 2.24) is 10.2 Å². The lowest BCUT2D eigenvalue weighted by molar-refractivity contribution is 0.246. The normalized spacial score (nSPS) is 17.3. The van der Waals surface area contributed by atoms with E-state index in [-0.39, 0.29) is 12.1 Å². The van der Waals surface area contributed by atoms with Crippen LogP contribution in [0, 0.1) is 5.92 Å². The van der Waals surface area contributed by atoms with E-state index in [0.29, 0.717) is 5.92 Å². The molecule has 1 aliphatic rings. The highest BCUT2D eigenvalue weighted by Crippen LogP contribution is 2.19. The molecule has 1 aromatic carbocycles. The van der Waals surface area contributed by atoms with Crippen molar-refractivity contribution in [2.75, 3.05) is 29.9 Å². The Labute approximate surface area is 138 Å². The number of thioether (sulfide) groups is 1. The second kappa shape index (κ2) is 8.44. The van der Waals surface area contributed by atoms with E-state index < -0.39 is 0 Å². The van der Waals surface area contributed by atoms with Gasteiger partial charge in [-0.25, -0.2) is 4.79 Å². The zero-order valence-electron chi connectivity index (χ0n) is 13.8. The first-order valence-electron chi connectivity index (χ1n) is 8.02. The number of benzene rings is 1. The van der Waals surface area contributed by atoms with Crippen LogP contribution >= 0.6 is 11.8 Å². The number of rotatable bonds is 5. The number of anilines is 1. The van der Waals surface area contributed by atoms with Crippen LogP contribution in [0.5, 0.6) is 0 Å². The van der Waals surface area contributed by atoms with Crippen LogP contribution in [-0.4, -0.2) is 41.6 Å². The van der Waals surface area contributed by atoms with Gasteiger partial charge < -0.3 is 10.6 Å². The molecule has 1 saturated heterocycles.